The predicted molar refractivity (Wildman–Crippen MR) is 123 cm³/mol. The lowest BCUT2D eigenvalue weighted by Crippen LogP contribution is -2.58. The highest BCUT2D eigenvalue weighted by molar-refractivity contribution is 6.68. The molecule has 0 heterocycles. The van der Waals surface area contributed by atoms with E-state index in [2.05, 4.69) is 6.92 Å². The standard InChI is InChI=1S/C21H48O6Si2/c1-15(2)22-28(23-16(3)4,24-17(5)6)14-21(13)29(25-18(7)8,26-19(9)10)27-20(11)12/h15-21H,14H2,1-13H3. The molecular formula is C21H48O6Si2. The van der Waals surface area contributed by atoms with E-state index in [1.165, 1.54) is 0 Å². The summed E-state index contributed by atoms with van der Waals surface area (Å²) in [6.45, 7) is 26.4. The van der Waals surface area contributed by atoms with Crippen molar-refractivity contribution >= 4 is 17.6 Å². The van der Waals surface area contributed by atoms with E-state index in [0.29, 0.717) is 6.04 Å². The van der Waals surface area contributed by atoms with E-state index in [0.717, 1.165) is 0 Å². The molecule has 0 bridgehead atoms. The van der Waals surface area contributed by atoms with Gasteiger partial charge >= 0.3 is 17.6 Å². The molecule has 0 N–H and O–H groups in total. The van der Waals surface area contributed by atoms with Crippen LogP contribution >= 0.6 is 0 Å². The van der Waals surface area contributed by atoms with Crippen LogP contribution in [0.2, 0.25) is 11.6 Å². The summed E-state index contributed by atoms with van der Waals surface area (Å²) in [6.07, 6.45) is -0.0661. The van der Waals surface area contributed by atoms with Gasteiger partial charge in [-0.1, -0.05) is 6.92 Å². The van der Waals surface area contributed by atoms with Gasteiger partial charge in [0.15, 0.2) is 0 Å². The summed E-state index contributed by atoms with van der Waals surface area (Å²) in [4.78, 5) is 0. The van der Waals surface area contributed by atoms with Crippen LogP contribution in [0.3, 0.4) is 0 Å². The molecule has 0 aliphatic rings. The Morgan fingerprint density at radius 1 is 0.414 bits per heavy atom. The Hall–Kier alpha value is 0.194. The molecule has 176 valence electrons. The Morgan fingerprint density at radius 2 is 0.655 bits per heavy atom. The van der Waals surface area contributed by atoms with E-state index >= 15 is 0 Å². The lowest BCUT2D eigenvalue weighted by molar-refractivity contribution is -0.0147. The molecule has 1 atom stereocenters. The quantitative estimate of drug-likeness (QED) is 0.292. The molecule has 0 aromatic carbocycles. The Labute approximate surface area is 182 Å². The first-order valence-corrected chi connectivity index (χ1v) is 14.9. The molecule has 0 rings (SSSR count). The molecule has 0 saturated heterocycles. The molecule has 29 heavy (non-hydrogen) atoms. The van der Waals surface area contributed by atoms with Crippen molar-refractivity contribution in [3.05, 3.63) is 0 Å². The second kappa shape index (κ2) is 12.9. The third-order valence-electron chi connectivity index (χ3n) is 3.61. The third kappa shape index (κ3) is 11.4. The van der Waals surface area contributed by atoms with Gasteiger partial charge in [-0.05, 0) is 83.1 Å². The molecule has 0 fully saturated rings. The normalized spacial score (nSPS) is 15.0. The maximum absolute atomic E-state index is 6.43. The first kappa shape index (κ1) is 29.2. The van der Waals surface area contributed by atoms with Crippen molar-refractivity contribution in [2.75, 3.05) is 0 Å². The first-order chi connectivity index (χ1) is 13.1. The molecule has 1 unspecified atom stereocenters. The van der Waals surface area contributed by atoms with Crippen LogP contribution in [0.1, 0.15) is 90.0 Å². The zero-order chi connectivity index (χ0) is 23.0. The highest BCUT2D eigenvalue weighted by Gasteiger charge is 2.56. The van der Waals surface area contributed by atoms with Crippen LogP contribution in [0.25, 0.3) is 0 Å². The maximum atomic E-state index is 6.43. The van der Waals surface area contributed by atoms with Gasteiger partial charge in [0.05, 0.1) is 0 Å². The Bertz CT molecular complexity index is 388. The minimum absolute atomic E-state index is 0.00881. The van der Waals surface area contributed by atoms with E-state index in [1.807, 2.05) is 83.1 Å². The van der Waals surface area contributed by atoms with E-state index in [1.54, 1.807) is 0 Å². The number of hydrogen-bond acceptors (Lipinski definition) is 6. The maximum Gasteiger partial charge on any atom is 0.504 e. The van der Waals surface area contributed by atoms with Gasteiger partial charge < -0.3 is 26.6 Å². The first-order valence-electron chi connectivity index (χ1n) is 11.2. The lowest BCUT2D eigenvalue weighted by atomic mass is 10.5. The summed E-state index contributed by atoms with van der Waals surface area (Å²) >= 11 is 0. The van der Waals surface area contributed by atoms with Crippen LogP contribution < -0.4 is 0 Å². The van der Waals surface area contributed by atoms with Gasteiger partial charge in [-0.25, -0.2) is 0 Å². The molecule has 0 amide bonds. The molecule has 6 nitrogen and oxygen atoms in total. The van der Waals surface area contributed by atoms with Crippen LogP contribution in [0, 0.1) is 0 Å². The van der Waals surface area contributed by atoms with Crippen LogP contribution in [0.4, 0.5) is 0 Å². The third-order valence-corrected chi connectivity index (χ3v) is 11.4. The molecule has 0 spiro atoms. The monoisotopic (exact) mass is 452 g/mol. The van der Waals surface area contributed by atoms with Crippen LogP contribution in [0.5, 0.6) is 0 Å². The van der Waals surface area contributed by atoms with Crippen LogP contribution in [-0.4, -0.2) is 54.2 Å². The molecule has 0 aliphatic heterocycles. The molecule has 0 saturated carbocycles. The molecule has 8 heteroatoms. The van der Waals surface area contributed by atoms with E-state index < -0.39 is 17.6 Å². The zero-order valence-electron chi connectivity index (χ0n) is 21.2. The van der Waals surface area contributed by atoms with Crippen molar-refractivity contribution in [2.45, 2.75) is 138 Å². The Balaban J connectivity index is 6.13. The second-order valence-electron chi connectivity index (χ2n) is 9.39. The Kier molecular flexibility index (Phi) is 13.0. The fourth-order valence-electron chi connectivity index (χ4n) is 3.22. The van der Waals surface area contributed by atoms with Gasteiger partial charge in [-0.2, -0.15) is 0 Å². The van der Waals surface area contributed by atoms with Gasteiger partial charge in [0, 0.05) is 48.2 Å². The fourth-order valence-corrected chi connectivity index (χ4v) is 11.2. The van der Waals surface area contributed by atoms with Crippen LogP contribution in [0.15, 0.2) is 0 Å². The average molecular weight is 453 g/mol. The van der Waals surface area contributed by atoms with Gasteiger partial charge in [0.2, 0.25) is 0 Å². The van der Waals surface area contributed by atoms with E-state index in [4.69, 9.17) is 26.6 Å². The second-order valence-corrected chi connectivity index (χ2v) is 14.8. The number of hydrogen-bond donors (Lipinski definition) is 0. The molecular weight excluding hydrogens is 404 g/mol. The summed E-state index contributed by atoms with van der Waals surface area (Å²) in [5, 5.41) is 0. The van der Waals surface area contributed by atoms with E-state index in [9.17, 15) is 0 Å². The average Bonchev–Trinajstić information content (AvgIpc) is 2.41. The molecule has 0 aromatic rings. The zero-order valence-corrected chi connectivity index (χ0v) is 23.2. The van der Waals surface area contributed by atoms with E-state index in [-0.39, 0.29) is 42.2 Å². The predicted octanol–water partition coefficient (Wildman–Crippen LogP) is 5.80. The minimum atomic E-state index is -3.06. The number of rotatable bonds is 15. The van der Waals surface area contributed by atoms with Gasteiger partial charge in [-0.15, -0.1) is 0 Å². The lowest BCUT2D eigenvalue weighted by Gasteiger charge is -2.42. The molecule has 0 aliphatic carbocycles. The van der Waals surface area contributed by atoms with Gasteiger partial charge in [0.1, 0.15) is 0 Å². The Morgan fingerprint density at radius 3 is 0.862 bits per heavy atom. The highest BCUT2D eigenvalue weighted by atomic mass is 28.4. The fraction of sp³-hybridized carbons (Fsp3) is 1.00. The van der Waals surface area contributed by atoms with Crippen molar-refractivity contribution in [3.63, 3.8) is 0 Å². The van der Waals surface area contributed by atoms with Crippen molar-refractivity contribution in [1.82, 2.24) is 0 Å². The summed E-state index contributed by atoms with van der Waals surface area (Å²) < 4.78 is 38.5. The SMILES string of the molecule is CC(C)O[Si](CC(C)[Si](OC(C)C)(OC(C)C)OC(C)C)(OC(C)C)OC(C)C. The largest absolute Gasteiger partial charge is 0.504 e. The summed E-state index contributed by atoms with van der Waals surface area (Å²) in [5.41, 5.74) is -0.0439. The summed E-state index contributed by atoms with van der Waals surface area (Å²) in [5.74, 6) is 0. The van der Waals surface area contributed by atoms with Gasteiger partial charge in [-0.3, -0.25) is 0 Å². The minimum Gasteiger partial charge on any atom is -0.371 e. The van der Waals surface area contributed by atoms with Crippen molar-refractivity contribution < 1.29 is 26.6 Å². The van der Waals surface area contributed by atoms with Crippen LogP contribution in [-0.2, 0) is 26.6 Å². The van der Waals surface area contributed by atoms with Crippen molar-refractivity contribution in [3.8, 4) is 0 Å². The summed E-state index contributed by atoms with van der Waals surface area (Å²) in [6, 6.07) is 0.583. The summed E-state index contributed by atoms with van der Waals surface area (Å²) in [7, 11) is -6.07. The van der Waals surface area contributed by atoms with Crippen molar-refractivity contribution in [2.24, 2.45) is 0 Å². The highest BCUT2D eigenvalue weighted by Crippen LogP contribution is 2.38. The smallest absolute Gasteiger partial charge is 0.371 e. The molecule has 0 aromatic heterocycles. The topological polar surface area (TPSA) is 55.4 Å². The van der Waals surface area contributed by atoms with Crippen molar-refractivity contribution in [1.29, 1.82) is 0 Å². The van der Waals surface area contributed by atoms with Gasteiger partial charge in [0.25, 0.3) is 0 Å². The molecule has 0 radical (unpaired) electrons.